The van der Waals surface area contributed by atoms with Crippen molar-refractivity contribution in [1.82, 2.24) is 0 Å². The van der Waals surface area contributed by atoms with E-state index in [-0.39, 0.29) is 97.1 Å². The minimum Gasteiger partial charge on any atom is -0.872 e. The number of benzene rings is 3. The molecule has 3 rings (SSSR count). The molecule has 12 nitrogen and oxygen atoms in total. The van der Waals surface area contributed by atoms with E-state index in [4.69, 9.17) is 5.73 Å². The number of azo groups is 1. The van der Waals surface area contributed by atoms with E-state index in [0.717, 1.165) is 18.2 Å². The number of nitrogens with zero attached hydrogens (tertiary/aromatic N) is 3. The van der Waals surface area contributed by atoms with Gasteiger partial charge in [0, 0.05) is 15.8 Å². The Kier molecular flexibility index (Phi) is 11.3. The van der Waals surface area contributed by atoms with Crippen LogP contribution >= 0.6 is 15.9 Å². The molecular formula is C19H13BrN4Na2O8S2. The number of fused-ring (bicyclic) bond motifs is 1. The third-order valence-electron chi connectivity index (χ3n) is 4.30. The molecule has 0 aliphatic carbocycles. The standard InChI is InChI=1S/C19H15BrN4O8S2.2Na/c1-9(20)19(26)22-11-3-5-14(16(7-11)34(30,31)32)23-24-18-13(21)4-2-10-6-12(33(27,28)29)8-15(25)17(10)18;;/h2-8,25H,1,21H2,(H,22,26)(H,27,28,29)(H,30,31,32);;/q;2*+1/p-2. The molecule has 0 bridgehead atoms. The number of nitrogens with two attached hydrogens (primary N) is 1. The van der Waals surface area contributed by atoms with Gasteiger partial charge in [-0.1, -0.05) is 34.3 Å². The van der Waals surface area contributed by atoms with E-state index in [2.05, 4.69) is 37.7 Å². The van der Waals surface area contributed by atoms with Crippen LogP contribution in [0.4, 0.5) is 22.7 Å². The van der Waals surface area contributed by atoms with Crippen molar-refractivity contribution in [3.05, 3.63) is 53.5 Å². The average molecular weight is 615 g/mol. The first-order valence-corrected chi connectivity index (χ1v) is 12.5. The first kappa shape index (κ1) is 32.7. The number of hydrogen-bond donors (Lipinski definition) is 3. The summed E-state index contributed by atoms with van der Waals surface area (Å²) >= 11 is 2.84. The van der Waals surface area contributed by atoms with E-state index in [9.17, 15) is 36.2 Å². The van der Waals surface area contributed by atoms with E-state index in [0.29, 0.717) is 6.07 Å². The molecular weight excluding hydrogens is 602 g/mol. The molecule has 0 saturated heterocycles. The van der Waals surface area contributed by atoms with Gasteiger partial charge in [0.1, 0.15) is 16.3 Å². The van der Waals surface area contributed by atoms with Crippen LogP contribution in [0.2, 0.25) is 0 Å². The van der Waals surface area contributed by atoms with Gasteiger partial charge in [0.05, 0.1) is 16.3 Å². The maximum atomic E-state index is 12.5. The number of hydrogen-bond acceptors (Lipinski definition) is 10. The van der Waals surface area contributed by atoms with E-state index in [1.54, 1.807) is 0 Å². The number of aliphatic imine (C=N–C) groups is 1. The van der Waals surface area contributed by atoms with Gasteiger partial charge in [-0.3, -0.25) is 14.1 Å². The summed E-state index contributed by atoms with van der Waals surface area (Å²) in [5.74, 6) is -1.63. The Bertz CT molecular complexity index is 1630. The zero-order chi connectivity index (χ0) is 25.4. The van der Waals surface area contributed by atoms with Crippen molar-refractivity contribution >= 4 is 75.6 Å². The summed E-state index contributed by atoms with van der Waals surface area (Å²) in [5, 5.41) is 31.8. The van der Waals surface area contributed by atoms with Crippen LogP contribution in [0.5, 0.6) is 5.75 Å². The van der Waals surface area contributed by atoms with Gasteiger partial charge < -0.3 is 15.9 Å². The molecule has 0 heterocycles. The summed E-state index contributed by atoms with van der Waals surface area (Å²) in [4.78, 5) is 2.25. The van der Waals surface area contributed by atoms with E-state index in [1.165, 1.54) is 18.2 Å². The molecule has 0 aliphatic heterocycles. The molecule has 0 aliphatic rings. The van der Waals surface area contributed by atoms with Crippen LogP contribution < -0.4 is 75.1 Å². The van der Waals surface area contributed by atoms with E-state index in [1.807, 2.05) is 0 Å². The van der Waals surface area contributed by atoms with Gasteiger partial charge in [0.15, 0.2) is 0 Å². The molecule has 36 heavy (non-hydrogen) atoms. The number of anilines is 1. The topological polar surface area (TPSA) is 218 Å². The SMILES string of the molecule is C=C(Br)C([O-])=Nc1ccc(N=Nc2c(N)ccc3cc(S(=O)(=O)O)cc([O-])c23)c(S(=O)(=O)O)c1.[Na+].[Na+]. The van der Waals surface area contributed by atoms with Crippen molar-refractivity contribution in [2.45, 2.75) is 9.79 Å². The van der Waals surface area contributed by atoms with Gasteiger partial charge in [-0.2, -0.15) is 16.8 Å². The van der Waals surface area contributed by atoms with Crippen LogP contribution in [-0.4, -0.2) is 31.8 Å². The average Bonchev–Trinajstić information content (AvgIpc) is 2.72. The first-order valence-electron chi connectivity index (χ1n) is 8.83. The molecule has 0 saturated carbocycles. The number of nitrogen functional groups attached to an aromatic ring is 1. The third kappa shape index (κ3) is 7.58. The first-order chi connectivity index (χ1) is 15.7. The van der Waals surface area contributed by atoms with Crippen LogP contribution in [0.3, 0.4) is 0 Å². The molecule has 17 heteroatoms. The van der Waals surface area contributed by atoms with Crippen molar-refractivity contribution < 1.29 is 95.3 Å². The number of rotatable bonds is 6. The van der Waals surface area contributed by atoms with Gasteiger partial charge in [-0.05, 0) is 41.8 Å². The van der Waals surface area contributed by atoms with Gasteiger partial charge in [-0.25, -0.2) is 0 Å². The van der Waals surface area contributed by atoms with Crippen molar-refractivity contribution in [2.24, 2.45) is 15.2 Å². The predicted molar refractivity (Wildman–Crippen MR) is 123 cm³/mol. The zero-order valence-electron chi connectivity index (χ0n) is 18.7. The summed E-state index contributed by atoms with van der Waals surface area (Å²) in [6, 6.07) is 7.53. The molecule has 0 atom stereocenters. The van der Waals surface area contributed by atoms with Gasteiger partial charge in [0.2, 0.25) is 0 Å². The Morgan fingerprint density at radius 3 is 2.17 bits per heavy atom. The van der Waals surface area contributed by atoms with Crippen molar-refractivity contribution in [1.29, 1.82) is 0 Å². The van der Waals surface area contributed by atoms with Crippen LogP contribution in [0.1, 0.15) is 0 Å². The summed E-state index contributed by atoms with van der Waals surface area (Å²) in [6.45, 7) is 3.35. The van der Waals surface area contributed by atoms with Crippen LogP contribution in [0, 0.1) is 0 Å². The van der Waals surface area contributed by atoms with Crippen LogP contribution in [0.25, 0.3) is 10.8 Å². The summed E-state index contributed by atoms with van der Waals surface area (Å²) in [5.41, 5.74) is 5.14. The fourth-order valence-corrected chi connectivity index (χ4v) is 4.06. The summed E-state index contributed by atoms with van der Waals surface area (Å²) in [6.07, 6.45) is 0. The summed E-state index contributed by atoms with van der Waals surface area (Å²) in [7, 11) is -9.50. The third-order valence-corrected chi connectivity index (χ3v) is 6.35. The zero-order valence-corrected chi connectivity index (χ0v) is 25.9. The molecule has 0 fully saturated rings. The van der Waals surface area contributed by atoms with Gasteiger partial charge in [-0.15, -0.1) is 10.2 Å². The second-order valence-corrected chi connectivity index (χ2v) is 10.4. The van der Waals surface area contributed by atoms with Crippen molar-refractivity contribution in [3.8, 4) is 5.75 Å². The summed E-state index contributed by atoms with van der Waals surface area (Å²) < 4.78 is 65.2. The van der Waals surface area contributed by atoms with E-state index >= 15 is 0 Å². The second kappa shape index (κ2) is 12.4. The Balaban J connectivity index is 0.00000324. The molecule has 0 amide bonds. The van der Waals surface area contributed by atoms with Gasteiger partial charge >= 0.3 is 59.1 Å². The largest absolute Gasteiger partial charge is 1.00 e. The van der Waals surface area contributed by atoms with Crippen LogP contribution in [-0.2, 0) is 20.2 Å². The van der Waals surface area contributed by atoms with Crippen molar-refractivity contribution in [3.63, 3.8) is 0 Å². The molecule has 4 N–H and O–H groups in total. The fourth-order valence-electron chi connectivity index (χ4n) is 2.80. The Morgan fingerprint density at radius 2 is 1.61 bits per heavy atom. The van der Waals surface area contributed by atoms with Crippen molar-refractivity contribution in [2.75, 3.05) is 5.73 Å². The molecule has 0 unspecified atom stereocenters. The maximum Gasteiger partial charge on any atom is 1.00 e. The quantitative estimate of drug-likeness (QED) is 0.0631. The minimum absolute atomic E-state index is 0. The Hall–Kier alpha value is -1.37. The molecule has 3 aromatic carbocycles. The molecule has 3 aromatic rings. The fraction of sp³-hybridized carbons (Fsp3) is 0. The van der Waals surface area contributed by atoms with Gasteiger partial charge in [0.25, 0.3) is 20.2 Å². The molecule has 0 spiro atoms. The van der Waals surface area contributed by atoms with Crippen LogP contribution in [0.15, 0.2) is 78.5 Å². The second-order valence-electron chi connectivity index (χ2n) is 6.65. The molecule has 0 aromatic heterocycles. The predicted octanol–water partition coefficient (Wildman–Crippen LogP) is -3.29. The number of halogens is 1. The monoisotopic (exact) mass is 614 g/mol. The smallest absolute Gasteiger partial charge is 0.872 e. The van der Waals surface area contributed by atoms with E-state index < -0.39 is 41.7 Å². The normalized spacial score (nSPS) is 12.2. The molecule has 0 radical (unpaired) electrons. The maximum absolute atomic E-state index is 12.5. The molecule has 178 valence electrons. The Labute approximate surface area is 258 Å². The Morgan fingerprint density at radius 1 is 0.972 bits per heavy atom. The minimum atomic E-state index is -4.85.